The minimum atomic E-state index is -0.327. The van der Waals surface area contributed by atoms with Crippen molar-refractivity contribution >= 4 is 41.7 Å². The molecule has 2 N–H and O–H groups in total. The first-order valence-corrected chi connectivity index (χ1v) is 9.25. The maximum atomic E-state index is 13.7. The molecular formula is C17H27FIN3OS. The summed E-state index contributed by atoms with van der Waals surface area (Å²) in [6.07, 6.45) is 3.25. The first-order chi connectivity index (χ1) is 11.2. The fourth-order valence-electron chi connectivity index (χ4n) is 2.44. The number of rotatable bonds is 7. The molecule has 0 aromatic heterocycles. The van der Waals surface area contributed by atoms with E-state index in [0.29, 0.717) is 17.5 Å². The summed E-state index contributed by atoms with van der Waals surface area (Å²) < 4.78 is 19.4. The highest BCUT2D eigenvalue weighted by Gasteiger charge is 2.16. The lowest BCUT2D eigenvalue weighted by Gasteiger charge is -2.20. The Hall–Kier alpha value is -0.700. The van der Waals surface area contributed by atoms with E-state index < -0.39 is 0 Å². The summed E-state index contributed by atoms with van der Waals surface area (Å²) in [5, 5.41) is 7.29. The summed E-state index contributed by atoms with van der Waals surface area (Å²) in [5.41, 5.74) is 0. The van der Waals surface area contributed by atoms with Crippen molar-refractivity contribution < 1.29 is 9.13 Å². The summed E-state index contributed by atoms with van der Waals surface area (Å²) in [6.45, 7) is 3.54. The van der Waals surface area contributed by atoms with Gasteiger partial charge < -0.3 is 15.4 Å². The molecule has 1 aromatic rings. The summed E-state index contributed by atoms with van der Waals surface area (Å²) in [4.78, 5) is 4.24. The van der Waals surface area contributed by atoms with Crippen LogP contribution in [0.2, 0.25) is 0 Å². The van der Waals surface area contributed by atoms with Gasteiger partial charge in [0.15, 0.2) is 17.5 Å². The molecule has 1 heterocycles. The van der Waals surface area contributed by atoms with Crippen molar-refractivity contribution in [3.63, 3.8) is 0 Å². The molecule has 0 saturated carbocycles. The van der Waals surface area contributed by atoms with Gasteiger partial charge in [0.05, 0.1) is 6.54 Å². The molecule has 0 radical (unpaired) electrons. The van der Waals surface area contributed by atoms with Crippen molar-refractivity contribution in [2.24, 2.45) is 4.99 Å². The number of hydrogen-bond donors (Lipinski definition) is 2. The summed E-state index contributed by atoms with van der Waals surface area (Å²) in [5.74, 6) is 2.00. The molecule has 24 heavy (non-hydrogen) atoms. The number of nitrogens with zero attached hydrogens (tertiary/aromatic N) is 1. The van der Waals surface area contributed by atoms with Gasteiger partial charge in [-0.25, -0.2) is 4.39 Å². The van der Waals surface area contributed by atoms with Gasteiger partial charge in [0.2, 0.25) is 0 Å². The third-order valence-corrected chi connectivity index (χ3v) is 5.23. The third-order valence-electron chi connectivity index (χ3n) is 3.83. The second kappa shape index (κ2) is 11.8. The Morgan fingerprint density at radius 2 is 2.21 bits per heavy atom. The van der Waals surface area contributed by atoms with E-state index in [2.05, 4.69) is 15.6 Å². The van der Waals surface area contributed by atoms with Crippen LogP contribution >= 0.6 is 35.7 Å². The van der Waals surface area contributed by atoms with Crippen LogP contribution in [-0.2, 0) is 0 Å². The largest absolute Gasteiger partial charge is 0.486 e. The van der Waals surface area contributed by atoms with E-state index in [-0.39, 0.29) is 35.9 Å². The van der Waals surface area contributed by atoms with Crippen LogP contribution in [0.4, 0.5) is 4.39 Å². The van der Waals surface area contributed by atoms with Crippen LogP contribution in [0.5, 0.6) is 5.75 Å². The number of para-hydroxylation sites is 1. The van der Waals surface area contributed by atoms with Crippen molar-refractivity contribution in [2.75, 3.05) is 25.9 Å². The SMILES string of the molecule is CCC(CNC(=NC)NCC1CCCS1)Oc1ccccc1F.I. The maximum absolute atomic E-state index is 13.7. The quantitative estimate of drug-likeness (QED) is 0.365. The molecule has 0 spiro atoms. The summed E-state index contributed by atoms with van der Waals surface area (Å²) >= 11 is 2.02. The van der Waals surface area contributed by atoms with E-state index >= 15 is 0 Å². The first-order valence-electron chi connectivity index (χ1n) is 8.20. The molecule has 1 fully saturated rings. The minimum absolute atomic E-state index is 0. The van der Waals surface area contributed by atoms with E-state index in [1.54, 1.807) is 25.2 Å². The second-order valence-electron chi connectivity index (χ2n) is 5.55. The summed E-state index contributed by atoms with van der Waals surface area (Å²) in [6, 6.07) is 6.50. The number of hydrogen-bond acceptors (Lipinski definition) is 3. The Labute approximate surface area is 165 Å². The monoisotopic (exact) mass is 467 g/mol. The molecule has 1 aromatic carbocycles. The molecule has 2 rings (SSSR count). The predicted molar refractivity (Wildman–Crippen MR) is 111 cm³/mol. The Morgan fingerprint density at radius 3 is 2.83 bits per heavy atom. The van der Waals surface area contributed by atoms with Crippen LogP contribution in [0.15, 0.2) is 29.3 Å². The summed E-state index contributed by atoms with van der Waals surface area (Å²) in [7, 11) is 1.76. The molecule has 0 amide bonds. The molecule has 136 valence electrons. The molecule has 0 bridgehead atoms. The molecule has 2 unspecified atom stereocenters. The topological polar surface area (TPSA) is 45.7 Å². The molecule has 0 aliphatic carbocycles. The fraction of sp³-hybridized carbons (Fsp3) is 0.588. The lowest BCUT2D eigenvalue weighted by atomic mass is 10.2. The average molecular weight is 467 g/mol. The molecule has 1 aliphatic heterocycles. The molecule has 2 atom stereocenters. The van der Waals surface area contributed by atoms with Gasteiger partial charge in [-0.3, -0.25) is 4.99 Å². The van der Waals surface area contributed by atoms with E-state index in [1.807, 2.05) is 18.7 Å². The van der Waals surface area contributed by atoms with Crippen LogP contribution in [0.25, 0.3) is 0 Å². The number of ether oxygens (including phenoxy) is 1. The van der Waals surface area contributed by atoms with Gasteiger partial charge in [-0.15, -0.1) is 24.0 Å². The maximum Gasteiger partial charge on any atom is 0.191 e. The van der Waals surface area contributed by atoms with Gasteiger partial charge >= 0.3 is 0 Å². The van der Waals surface area contributed by atoms with Gasteiger partial charge in [0.25, 0.3) is 0 Å². The number of nitrogens with one attached hydrogen (secondary N) is 2. The normalized spacial score (nSPS) is 18.6. The zero-order valence-electron chi connectivity index (χ0n) is 14.3. The number of benzene rings is 1. The molecule has 7 heteroatoms. The van der Waals surface area contributed by atoms with Gasteiger partial charge in [0, 0.05) is 18.8 Å². The molecular weight excluding hydrogens is 440 g/mol. The van der Waals surface area contributed by atoms with Crippen LogP contribution in [0, 0.1) is 5.82 Å². The van der Waals surface area contributed by atoms with Crippen molar-refractivity contribution in [3.05, 3.63) is 30.1 Å². The predicted octanol–water partition coefficient (Wildman–Crippen LogP) is 3.66. The second-order valence-corrected chi connectivity index (χ2v) is 6.96. The zero-order valence-corrected chi connectivity index (χ0v) is 17.4. The van der Waals surface area contributed by atoms with Crippen LogP contribution in [-0.4, -0.2) is 43.2 Å². The van der Waals surface area contributed by atoms with Crippen molar-refractivity contribution in [1.29, 1.82) is 0 Å². The molecule has 1 aliphatic rings. The van der Waals surface area contributed by atoms with Crippen molar-refractivity contribution in [1.82, 2.24) is 10.6 Å². The number of thioether (sulfide) groups is 1. The molecule has 1 saturated heterocycles. The molecule has 4 nitrogen and oxygen atoms in total. The Balaban J connectivity index is 0.00000288. The smallest absolute Gasteiger partial charge is 0.191 e. The van der Waals surface area contributed by atoms with Crippen LogP contribution < -0.4 is 15.4 Å². The highest BCUT2D eigenvalue weighted by Crippen LogP contribution is 2.25. The van der Waals surface area contributed by atoms with E-state index in [4.69, 9.17) is 4.74 Å². The lowest BCUT2D eigenvalue weighted by molar-refractivity contribution is 0.191. The number of aliphatic imine (C=N–C) groups is 1. The van der Waals surface area contributed by atoms with Gasteiger partial charge in [-0.05, 0) is 37.1 Å². The fourth-order valence-corrected chi connectivity index (χ4v) is 3.64. The van der Waals surface area contributed by atoms with Gasteiger partial charge in [-0.1, -0.05) is 19.1 Å². The average Bonchev–Trinajstić information content (AvgIpc) is 3.09. The number of guanidine groups is 1. The number of halogens is 2. The highest BCUT2D eigenvalue weighted by atomic mass is 127. The van der Waals surface area contributed by atoms with Crippen LogP contribution in [0.3, 0.4) is 0 Å². The first kappa shape index (κ1) is 21.3. The minimum Gasteiger partial charge on any atom is -0.486 e. The van der Waals surface area contributed by atoms with Gasteiger partial charge in [0.1, 0.15) is 6.10 Å². The lowest BCUT2D eigenvalue weighted by Crippen LogP contribution is -2.44. The Bertz CT molecular complexity index is 512. The highest BCUT2D eigenvalue weighted by molar-refractivity contribution is 14.0. The van der Waals surface area contributed by atoms with Gasteiger partial charge in [-0.2, -0.15) is 11.8 Å². The van der Waals surface area contributed by atoms with E-state index in [1.165, 1.54) is 24.7 Å². The Morgan fingerprint density at radius 1 is 1.42 bits per heavy atom. The van der Waals surface area contributed by atoms with Crippen molar-refractivity contribution in [2.45, 2.75) is 37.5 Å². The van der Waals surface area contributed by atoms with Crippen molar-refractivity contribution in [3.8, 4) is 5.75 Å². The van der Waals surface area contributed by atoms with E-state index in [9.17, 15) is 4.39 Å². The third kappa shape index (κ3) is 7.04. The van der Waals surface area contributed by atoms with E-state index in [0.717, 1.165) is 18.9 Å². The van der Waals surface area contributed by atoms with Crippen LogP contribution in [0.1, 0.15) is 26.2 Å². The Kier molecular flexibility index (Phi) is 10.5. The standard InChI is InChI=1S/C17H26FN3OS.HI/c1-3-13(22-16-9-5-4-8-15(16)18)11-20-17(19-2)21-12-14-7-6-10-23-14;/h4-5,8-9,13-14H,3,6-7,10-12H2,1-2H3,(H2,19,20,21);1H. The zero-order chi connectivity index (χ0) is 16.5.